The van der Waals surface area contributed by atoms with Gasteiger partial charge in [0.15, 0.2) is 0 Å². The smallest absolute Gasteiger partial charge is 0.246 e. The first-order valence-electron chi connectivity index (χ1n) is 6.23. The van der Waals surface area contributed by atoms with E-state index in [9.17, 15) is 9.90 Å². The Morgan fingerprint density at radius 1 is 1.44 bits per heavy atom. The number of hydrogen-bond donors (Lipinski definition) is 2. The summed E-state index contributed by atoms with van der Waals surface area (Å²) in [5.41, 5.74) is 1.86. The van der Waals surface area contributed by atoms with Crippen LogP contribution in [0.3, 0.4) is 0 Å². The van der Waals surface area contributed by atoms with E-state index in [-0.39, 0.29) is 19.1 Å². The topological polar surface area (TPSA) is 58.6 Å². The highest BCUT2D eigenvalue weighted by molar-refractivity contribution is 5.77. The third kappa shape index (κ3) is 4.85. The number of benzene rings is 1. The van der Waals surface area contributed by atoms with Gasteiger partial charge in [-0.05, 0) is 24.5 Å². The van der Waals surface area contributed by atoms with E-state index in [0.29, 0.717) is 6.61 Å². The van der Waals surface area contributed by atoms with Gasteiger partial charge < -0.3 is 15.2 Å². The molecule has 1 rings (SSSR count). The van der Waals surface area contributed by atoms with Gasteiger partial charge in [0.1, 0.15) is 6.61 Å². The Hall–Kier alpha value is -1.39. The van der Waals surface area contributed by atoms with Crippen molar-refractivity contribution in [1.82, 2.24) is 5.32 Å². The first-order valence-corrected chi connectivity index (χ1v) is 6.23. The van der Waals surface area contributed by atoms with Crippen molar-refractivity contribution >= 4 is 5.91 Å². The summed E-state index contributed by atoms with van der Waals surface area (Å²) in [6.45, 7) is 4.76. The molecule has 0 radical (unpaired) electrons. The normalized spacial score (nSPS) is 12.2. The number of ether oxygens (including phenoxy) is 1. The van der Waals surface area contributed by atoms with Gasteiger partial charge in [0.05, 0.1) is 6.10 Å². The molecule has 100 valence electrons. The summed E-state index contributed by atoms with van der Waals surface area (Å²) in [5.74, 6) is -0.198. The molecule has 0 bridgehead atoms. The Morgan fingerprint density at radius 3 is 2.83 bits per heavy atom. The van der Waals surface area contributed by atoms with E-state index in [0.717, 1.165) is 17.5 Å². The molecule has 0 saturated carbocycles. The molecule has 1 atom stereocenters. The molecule has 1 aromatic carbocycles. The van der Waals surface area contributed by atoms with Crippen LogP contribution in [-0.4, -0.2) is 30.8 Å². The highest BCUT2D eigenvalue weighted by atomic mass is 16.5. The number of aliphatic hydroxyl groups is 1. The molecule has 1 amide bonds. The van der Waals surface area contributed by atoms with Crippen molar-refractivity contribution in [3.8, 4) is 0 Å². The van der Waals surface area contributed by atoms with Gasteiger partial charge >= 0.3 is 0 Å². The van der Waals surface area contributed by atoms with E-state index in [2.05, 4.69) is 5.32 Å². The number of carbonyl (C=O) groups is 1. The summed E-state index contributed by atoms with van der Waals surface area (Å²) >= 11 is 0. The maximum atomic E-state index is 11.4. The summed E-state index contributed by atoms with van der Waals surface area (Å²) in [4.78, 5) is 11.4. The SMILES string of the molecule is CCCOCC(=O)NCC(O)c1ccccc1C. The van der Waals surface area contributed by atoms with Gasteiger partial charge in [-0.3, -0.25) is 4.79 Å². The van der Waals surface area contributed by atoms with Crippen LogP contribution in [0.4, 0.5) is 0 Å². The Morgan fingerprint density at radius 2 is 2.17 bits per heavy atom. The molecule has 0 aromatic heterocycles. The molecule has 0 aliphatic rings. The third-order valence-electron chi connectivity index (χ3n) is 2.62. The number of hydrogen-bond acceptors (Lipinski definition) is 3. The van der Waals surface area contributed by atoms with Crippen molar-refractivity contribution in [3.63, 3.8) is 0 Å². The van der Waals surface area contributed by atoms with E-state index in [1.807, 2.05) is 38.1 Å². The Labute approximate surface area is 108 Å². The quantitative estimate of drug-likeness (QED) is 0.723. The van der Waals surface area contributed by atoms with E-state index in [4.69, 9.17) is 4.74 Å². The van der Waals surface area contributed by atoms with Crippen molar-refractivity contribution in [2.75, 3.05) is 19.8 Å². The lowest BCUT2D eigenvalue weighted by molar-refractivity contribution is -0.126. The molecule has 4 nitrogen and oxygen atoms in total. The fourth-order valence-corrected chi connectivity index (χ4v) is 1.64. The zero-order valence-electron chi connectivity index (χ0n) is 11.0. The molecule has 0 aliphatic heterocycles. The van der Waals surface area contributed by atoms with Crippen LogP contribution < -0.4 is 5.32 Å². The first-order chi connectivity index (χ1) is 8.65. The lowest BCUT2D eigenvalue weighted by atomic mass is 10.0. The lowest BCUT2D eigenvalue weighted by Crippen LogP contribution is -2.31. The minimum Gasteiger partial charge on any atom is -0.387 e. The van der Waals surface area contributed by atoms with E-state index in [1.165, 1.54) is 0 Å². The maximum absolute atomic E-state index is 11.4. The average Bonchev–Trinajstić information content (AvgIpc) is 2.37. The predicted molar refractivity (Wildman–Crippen MR) is 70.3 cm³/mol. The van der Waals surface area contributed by atoms with Crippen LogP contribution in [0.25, 0.3) is 0 Å². The fraction of sp³-hybridized carbons (Fsp3) is 0.500. The fourth-order valence-electron chi connectivity index (χ4n) is 1.64. The van der Waals surface area contributed by atoms with Gasteiger partial charge in [0, 0.05) is 13.2 Å². The van der Waals surface area contributed by atoms with Crippen molar-refractivity contribution in [2.24, 2.45) is 0 Å². The number of aryl methyl sites for hydroxylation is 1. The number of carbonyl (C=O) groups excluding carboxylic acids is 1. The first kappa shape index (κ1) is 14.7. The van der Waals surface area contributed by atoms with Gasteiger partial charge in [-0.15, -0.1) is 0 Å². The molecular formula is C14H21NO3. The lowest BCUT2D eigenvalue weighted by Gasteiger charge is -2.14. The molecule has 1 aromatic rings. The Balaban J connectivity index is 2.35. The number of amides is 1. The maximum Gasteiger partial charge on any atom is 0.246 e. The Bertz CT molecular complexity index is 379. The van der Waals surface area contributed by atoms with Gasteiger partial charge in [-0.1, -0.05) is 31.2 Å². The van der Waals surface area contributed by atoms with E-state index < -0.39 is 6.10 Å². The minimum atomic E-state index is -0.679. The van der Waals surface area contributed by atoms with Gasteiger partial charge in [-0.25, -0.2) is 0 Å². The van der Waals surface area contributed by atoms with Crippen LogP contribution >= 0.6 is 0 Å². The molecule has 0 aliphatic carbocycles. The molecule has 0 fully saturated rings. The van der Waals surface area contributed by atoms with Gasteiger partial charge in [0.2, 0.25) is 5.91 Å². The second kappa shape index (κ2) is 7.84. The molecule has 0 spiro atoms. The van der Waals surface area contributed by atoms with Crippen molar-refractivity contribution in [3.05, 3.63) is 35.4 Å². The van der Waals surface area contributed by atoms with E-state index in [1.54, 1.807) is 0 Å². The summed E-state index contributed by atoms with van der Waals surface area (Å²) in [6, 6.07) is 7.59. The molecular weight excluding hydrogens is 230 g/mol. The number of rotatable bonds is 7. The van der Waals surface area contributed by atoms with Crippen LogP contribution in [0.2, 0.25) is 0 Å². The summed E-state index contributed by atoms with van der Waals surface area (Å²) in [7, 11) is 0. The molecule has 1 unspecified atom stereocenters. The molecule has 4 heteroatoms. The zero-order chi connectivity index (χ0) is 13.4. The average molecular weight is 251 g/mol. The third-order valence-corrected chi connectivity index (χ3v) is 2.62. The highest BCUT2D eigenvalue weighted by Crippen LogP contribution is 2.15. The second-order valence-corrected chi connectivity index (χ2v) is 4.23. The minimum absolute atomic E-state index is 0.0499. The van der Waals surface area contributed by atoms with Gasteiger partial charge in [-0.2, -0.15) is 0 Å². The second-order valence-electron chi connectivity index (χ2n) is 4.23. The summed E-state index contributed by atoms with van der Waals surface area (Å²) in [5, 5.41) is 12.6. The highest BCUT2D eigenvalue weighted by Gasteiger charge is 2.11. The monoisotopic (exact) mass is 251 g/mol. The number of nitrogens with one attached hydrogen (secondary N) is 1. The number of aliphatic hydroxyl groups excluding tert-OH is 1. The van der Waals surface area contributed by atoms with Crippen molar-refractivity contribution in [2.45, 2.75) is 26.4 Å². The molecule has 0 heterocycles. The predicted octanol–water partition coefficient (Wildman–Crippen LogP) is 1.57. The van der Waals surface area contributed by atoms with Crippen LogP contribution in [0.1, 0.15) is 30.6 Å². The Kier molecular flexibility index (Phi) is 6.39. The molecule has 18 heavy (non-hydrogen) atoms. The van der Waals surface area contributed by atoms with Crippen LogP contribution in [-0.2, 0) is 9.53 Å². The van der Waals surface area contributed by atoms with Crippen LogP contribution in [0.15, 0.2) is 24.3 Å². The van der Waals surface area contributed by atoms with Crippen LogP contribution in [0, 0.1) is 6.92 Å². The summed E-state index contributed by atoms with van der Waals surface area (Å²) < 4.78 is 5.11. The molecule has 0 saturated heterocycles. The van der Waals surface area contributed by atoms with Crippen LogP contribution in [0.5, 0.6) is 0 Å². The summed E-state index contributed by atoms with van der Waals surface area (Å²) in [6.07, 6.45) is 0.209. The zero-order valence-corrected chi connectivity index (χ0v) is 11.0. The van der Waals surface area contributed by atoms with Gasteiger partial charge in [0.25, 0.3) is 0 Å². The standard InChI is InChI=1S/C14H21NO3/c1-3-8-18-10-14(17)15-9-13(16)12-7-5-4-6-11(12)2/h4-7,13,16H,3,8-10H2,1-2H3,(H,15,17). The largest absolute Gasteiger partial charge is 0.387 e. The van der Waals surface area contributed by atoms with E-state index >= 15 is 0 Å². The van der Waals surface area contributed by atoms with Crippen molar-refractivity contribution in [1.29, 1.82) is 0 Å². The molecule has 2 N–H and O–H groups in total. The van der Waals surface area contributed by atoms with Crippen molar-refractivity contribution < 1.29 is 14.6 Å².